The van der Waals surface area contributed by atoms with Crippen LogP contribution in [0.25, 0.3) is 22.3 Å². The van der Waals surface area contributed by atoms with Crippen molar-refractivity contribution in [3.63, 3.8) is 0 Å². The van der Waals surface area contributed by atoms with Crippen LogP contribution in [0, 0.1) is 0 Å². The molecule has 0 saturated carbocycles. The molecule has 0 radical (unpaired) electrons. The molecule has 1 N–H and O–H groups in total. The van der Waals surface area contributed by atoms with Crippen LogP contribution in [0.3, 0.4) is 0 Å². The third-order valence-electron chi connectivity index (χ3n) is 5.79. The molecule has 5 heterocycles. The molecule has 0 spiro atoms. The molecule has 0 unspecified atom stereocenters. The number of esters is 1. The molecule has 0 aliphatic carbocycles. The van der Waals surface area contributed by atoms with E-state index >= 15 is 0 Å². The number of fused-ring (bicyclic) bond motifs is 5. The summed E-state index contributed by atoms with van der Waals surface area (Å²) in [5.74, 6) is -0.488. The quantitative estimate of drug-likeness (QED) is 0.272. The smallest absolute Gasteiger partial charge is 0.343 e. The van der Waals surface area contributed by atoms with E-state index in [2.05, 4.69) is 20.9 Å². The topological polar surface area (TPSA) is 94.3 Å². The van der Waals surface area contributed by atoms with Crippen molar-refractivity contribution >= 4 is 44.4 Å². The molecule has 5 rings (SSSR count). The lowest BCUT2D eigenvalue weighted by Gasteiger charge is -2.31. The molecule has 0 bridgehead atoms. The Kier molecular flexibility index (Phi) is 4.10. The average Bonchev–Trinajstić information content (AvgIpc) is 3.08. The Balaban J connectivity index is 1.84. The first-order chi connectivity index (χ1) is 13.9. The summed E-state index contributed by atoms with van der Waals surface area (Å²) >= 11 is 9.66. The number of cyclic esters (lactones) is 1. The Hall–Kier alpha value is -2.29. The number of hydrogen-bond donors (Lipinski definition) is 1. The molecule has 1 atom stereocenters. The number of aromatic nitrogens is 3. The van der Waals surface area contributed by atoms with Crippen LogP contribution < -0.4 is 5.56 Å². The van der Waals surface area contributed by atoms with Crippen molar-refractivity contribution in [1.29, 1.82) is 0 Å². The maximum absolute atomic E-state index is 13.2. The van der Waals surface area contributed by atoms with Gasteiger partial charge in [-0.2, -0.15) is 0 Å². The highest BCUT2D eigenvalue weighted by atomic mass is 79.9. The predicted octanol–water partition coefficient (Wildman–Crippen LogP) is 2.98. The van der Waals surface area contributed by atoms with Gasteiger partial charge < -0.3 is 14.4 Å². The number of halogens is 2. The lowest BCUT2D eigenvalue weighted by molar-refractivity contribution is -0.172. The second kappa shape index (κ2) is 6.35. The van der Waals surface area contributed by atoms with E-state index in [0.717, 1.165) is 16.5 Å². The Morgan fingerprint density at radius 3 is 2.86 bits per heavy atom. The molecule has 2 aliphatic rings. The van der Waals surface area contributed by atoms with E-state index in [1.54, 1.807) is 23.8 Å². The van der Waals surface area contributed by atoms with Crippen LogP contribution in [-0.2, 0) is 34.2 Å². The van der Waals surface area contributed by atoms with Gasteiger partial charge in [0.2, 0.25) is 0 Å². The normalized spacial score (nSPS) is 19.7. The number of hydrogen-bond acceptors (Lipinski definition) is 6. The molecule has 0 amide bonds. The van der Waals surface area contributed by atoms with Crippen molar-refractivity contribution in [3.8, 4) is 11.4 Å². The maximum Gasteiger partial charge on any atom is 0.343 e. The van der Waals surface area contributed by atoms with Gasteiger partial charge in [0.1, 0.15) is 11.2 Å². The van der Waals surface area contributed by atoms with Gasteiger partial charge >= 0.3 is 5.97 Å². The highest BCUT2D eigenvalue weighted by Crippen LogP contribution is 2.40. The van der Waals surface area contributed by atoms with Gasteiger partial charge in [-0.3, -0.25) is 4.79 Å². The second-order valence-corrected chi connectivity index (χ2v) is 8.26. The summed E-state index contributed by atoms with van der Waals surface area (Å²) < 4.78 is 7.37. The zero-order valence-electron chi connectivity index (χ0n) is 15.3. The number of alkyl halides is 1. The fourth-order valence-corrected chi connectivity index (χ4v) is 4.83. The van der Waals surface area contributed by atoms with Crippen LogP contribution in [0.15, 0.2) is 27.7 Å². The molecule has 2 aliphatic heterocycles. The third-order valence-corrected chi connectivity index (χ3v) is 6.49. The van der Waals surface area contributed by atoms with Gasteiger partial charge in [0, 0.05) is 22.4 Å². The summed E-state index contributed by atoms with van der Waals surface area (Å²) in [4.78, 5) is 34.4. The van der Waals surface area contributed by atoms with Gasteiger partial charge in [-0.05, 0) is 40.0 Å². The van der Waals surface area contributed by atoms with Gasteiger partial charge in [-0.25, -0.2) is 14.8 Å². The Morgan fingerprint density at radius 1 is 1.34 bits per heavy atom. The molecule has 148 valence electrons. The third kappa shape index (κ3) is 2.46. The molecule has 29 heavy (non-hydrogen) atoms. The minimum absolute atomic E-state index is 0.102. The highest BCUT2D eigenvalue weighted by molar-refractivity contribution is 9.10. The van der Waals surface area contributed by atoms with Gasteiger partial charge in [0.25, 0.3) is 5.56 Å². The van der Waals surface area contributed by atoms with E-state index in [0.29, 0.717) is 39.2 Å². The van der Waals surface area contributed by atoms with Crippen LogP contribution in [0.2, 0.25) is 0 Å². The lowest BCUT2D eigenvalue weighted by atomic mass is 9.86. The van der Waals surface area contributed by atoms with Crippen molar-refractivity contribution in [2.45, 2.75) is 38.0 Å². The van der Waals surface area contributed by atoms with Gasteiger partial charge in [0.05, 0.1) is 35.2 Å². The molecule has 0 aromatic carbocycles. The van der Waals surface area contributed by atoms with Gasteiger partial charge in [0.15, 0.2) is 5.60 Å². The predicted molar refractivity (Wildman–Crippen MR) is 110 cm³/mol. The van der Waals surface area contributed by atoms with Crippen molar-refractivity contribution in [1.82, 2.24) is 14.5 Å². The van der Waals surface area contributed by atoms with Gasteiger partial charge in [-0.15, -0.1) is 11.6 Å². The van der Waals surface area contributed by atoms with E-state index in [-0.39, 0.29) is 24.5 Å². The van der Waals surface area contributed by atoms with E-state index in [4.69, 9.17) is 21.3 Å². The minimum Gasteiger partial charge on any atom is -0.458 e. The van der Waals surface area contributed by atoms with Gasteiger partial charge in [-0.1, -0.05) is 6.92 Å². The van der Waals surface area contributed by atoms with Crippen LogP contribution >= 0.6 is 27.5 Å². The zero-order chi connectivity index (χ0) is 20.5. The fraction of sp³-hybridized carbons (Fsp3) is 0.300. The van der Waals surface area contributed by atoms with Crippen molar-refractivity contribution in [2.75, 3.05) is 0 Å². The number of nitrogens with zero attached hydrogens (tertiary/aromatic N) is 3. The minimum atomic E-state index is -1.84. The molecule has 7 nitrogen and oxygen atoms in total. The first-order valence-corrected chi connectivity index (χ1v) is 10.4. The summed E-state index contributed by atoms with van der Waals surface area (Å²) in [6, 6.07) is 3.55. The van der Waals surface area contributed by atoms with Crippen LogP contribution in [0.5, 0.6) is 0 Å². The van der Waals surface area contributed by atoms with Crippen LogP contribution in [-0.4, -0.2) is 25.6 Å². The average molecular weight is 477 g/mol. The molecular formula is C20H15BrClN3O4. The number of rotatable bonds is 2. The monoisotopic (exact) mass is 475 g/mol. The molecule has 9 heteroatoms. The summed E-state index contributed by atoms with van der Waals surface area (Å²) in [6.45, 7) is 1.84. The number of pyridine rings is 3. The largest absolute Gasteiger partial charge is 0.458 e. The number of ether oxygens (including phenoxy) is 1. The van der Waals surface area contributed by atoms with E-state index in [9.17, 15) is 14.7 Å². The fourth-order valence-electron chi connectivity index (χ4n) is 4.19. The van der Waals surface area contributed by atoms with E-state index in [1.807, 2.05) is 6.07 Å². The molecule has 3 aromatic rings. The Morgan fingerprint density at radius 2 is 2.14 bits per heavy atom. The Labute approximate surface area is 178 Å². The SMILES string of the molecule is CC[C@@]1(O)C(=O)OCc2c1cc1n(c2=O)Cc2c-1nc1cnc(Br)cc1c2CCl. The number of carbonyl (C=O) groups excluding carboxylic acids is 1. The first kappa shape index (κ1) is 18.7. The summed E-state index contributed by atoms with van der Waals surface area (Å²) in [7, 11) is 0. The van der Waals surface area contributed by atoms with Crippen molar-refractivity contribution in [3.05, 3.63) is 55.5 Å². The molecule has 3 aromatic heterocycles. The van der Waals surface area contributed by atoms with Crippen molar-refractivity contribution < 1.29 is 14.6 Å². The lowest BCUT2D eigenvalue weighted by Crippen LogP contribution is -2.44. The highest BCUT2D eigenvalue weighted by Gasteiger charge is 2.45. The maximum atomic E-state index is 13.2. The summed E-state index contributed by atoms with van der Waals surface area (Å²) in [6.07, 6.45) is 1.75. The van der Waals surface area contributed by atoms with Crippen LogP contribution in [0.4, 0.5) is 0 Å². The summed E-state index contributed by atoms with van der Waals surface area (Å²) in [5.41, 5.74) is 2.03. The summed E-state index contributed by atoms with van der Waals surface area (Å²) in [5, 5.41) is 11.8. The zero-order valence-corrected chi connectivity index (χ0v) is 17.7. The standard InChI is InChI=1S/C20H15BrClN3O4/c1-2-20(28)13-4-15-17-11(7-25(15)18(26)12(13)8-29-19(20)27)10(5-22)9-3-16(21)23-6-14(9)24-17/h3-4,6,28H,2,5,7-8H2,1H3/t20-/m0/s1. The van der Waals surface area contributed by atoms with E-state index < -0.39 is 11.6 Å². The van der Waals surface area contributed by atoms with Crippen LogP contribution in [0.1, 0.15) is 35.6 Å². The molecule has 0 saturated heterocycles. The second-order valence-electron chi connectivity index (χ2n) is 7.18. The molecular weight excluding hydrogens is 462 g/mol. The molecule has 0 fully saturated rings. The number of aliphatic hydroxyl groups is 1. The number of carbonyl (C=O) groups is 1. The van der Waals surface area contributed by atoms with E-state index in [1.165, 1.54) is 0 Å². The first-order valence-electron chi connectivity index (χ1n) is 9.09. The van der Waals surface area contributed by atoms with Crippen molar-refractivity contribution in [2.24, 2.45) is 0 Å². The Bertz CT molecular complexity index is 1290.